The Labute approximate surface area is 250 Å². The molecule has 216 valence electrons. The van der Waals surface area contributed by atoms with Gasteiger partial charge in [0.05, 0.1) is 23.3 Å². The Morgan fingerprint density at radius 1 is 0.950 bits per heavy atom. The molecule has 0 saturated carbocycles. The number of fused-ring (bicyclic) bond motifs is 2. The Kier molecular flexibility index (Phi) is 9.78. The van der Waals surface area contributed by atoms with E-state index in [9.17, 15) is 16.8 Å². The lowest BCUT2D eigenvalue weighted by Gasteiger charge is -2.18. The maximum atomic E-state index is 11.1. The highest BCUT2D eigenvalue weighted by Gasteiger charge is 2.27. The zero-order valence-corrected chi connectivity index (χ0v) is 26.4. The van der Waals surface area contributed by atoms with Gasteiger partial charge in [0.25, 0.3) is 25.8 Å². The van der Waals surface area contributed by atoms with Crippen LogP contribution in [0.2, 0.25) is 0 Å². The van der Waals surface area contributed by atoms with Crippen molar-refractivity contribution in [2.45, 2.75) is 39.2 Å². The molecule has 4 rings (SSSR count). The summed E-state index contributed by atoms with van der Waals surface area (Å²) in [6.07, 6.45) is 5.35. The summed E-state index contributed by atoms with van der Waals surface area (Å²) in [6.45, 7) is 2.85. The molecule has 10 nitrogen and oxygen atoms in total. The molecule has 2 N–H and O–H groups in total. The summed E-state index contributed by atoms with van der Waals surface area (Å²) < 4.78 is 78.6. The highest BCUT2D eigenvalue weighted by molar-refractivity contribution is 9.10. The van der Waals surface area contributed by atoms with Crippen molar-refractivity contribution in [2.24, 2.45) is 0 Å². The Hall–Kier alpha value is -2.23. The van der Waals surface area contributed by atoms with Crippen LogP contribution in [0.25, 0.3) is 17.2 Å². The summed E-state index contributed by atoms with van der Waals surface area (Å²) in [7, 11) is -8.05. The largest absolute Gasteiger partial charge is 0.439 e. The van der Waals surface area contributed by atoms with Crippen molar-refractivity contribution < 1.29 is 39.7 Å². The van der Waals surface area contributed by atoms with E-state index in [0.717, 1.165) is 25.7 Å². The van der Waals surface area contributed by atoms with E-state index < -0.39 is 20.2 Å². The number of anilines is 1. The Morgan fingerprint density at radius 3 is 2.30 bits per heavy atom. The van der Waals surface area contributed by atoms with Gasteiger partial charge >= 0.3 is 5.89 Å². The maximum Gasteiger partial charge on any atom is 0.374 e. The minimum Gasteiger partial charge on any atom is -0.439 e. The molecule has 0 fully saturated rings. The number of benzene rings is 2. The van der Waals surface area contributed by atoms with Gasteiger partial charge in [-0.1, -0.05) is 31.9 Å². The first kappa shape index (κ1) is 30.7. The van der Waals surface area contributed by atoms with Crippen LogP contribution in [-0.4, -0.2) is 44.0 Å². The number of aromatic nitrogens is 1. The van der Waals surface area contributed by atoms with E-state index in [1.54, 1.807) is 0 Å². The number of hydrogen-bond donors (Lipinski definition) is 2. The second-order valence-corrected chi connectivity index (χ2v) is 14.4. The van der Waals surface area contributed by atoms with Gasteiger partial charge in [0.2, 0.25) is 11.5 Å². The molecule has 1 aromatic heterocycles. The fraction of sp³-hybridized carbons (Fsp3) is 0.346. The van der Waals surface area contributed by atoms with Gasteiger partial charge in [-0.15, -0.1) is 0 Å². The minimum absolute atomic E-state index is 0.299. The predicted octanol–water partition coefficient (Wildman–Crippen LogP) is 5.73. The smallest absolute Gasteiger partial charge is 0.374 e. The third-order valence-corrected chi connectivity index (χ3v) is 8.75. The van der Waals surface area contributed by atoms with Crippen LogP contribution in [0.15, 0.2) is 67.3 Å². The molecular weight excluding hydrogens is 692 g/mol. The van der Waals surface area contributed by atoms with Crippen molar-refractivity contribution in [3.05, 3.63) is 68.8 Å². The molecule has 2 heterocycles. The molecule has 14 heteroatoms. The van der Waals surface area contributed by atoms with Gasteiger partial charge in [-0.25, -0.2) is 0 Å². The molecule has 40 heavy (non-hydrogen) atoms. The van der Waals surface area contributed by atoms with Gasteiger partial charge in [0.15, 0.2) is 12.3 Å². The van der Waals surface area contributed by atoms with Crippen LogP contribution >= 0.6 is 31.9 Å². The molecule has 0 spiro atoms. The number of ether oxygens (including phenoxy) is 1. The lowest BCUT2D eigenvalue weighted by molar-refractivity contribution is -0.678. The van der Waals surface area contributed by atoms with Crippen molar-refractivity contribution in [1.29, 1.82) is 0 Å². The van der Waals surface area contributed by atoms with Gasteiger partial charge in [-0.3, -0.25) is 9.11 Å². The van der Waals surface area contributed by atoms with E-state index in [2.05, 4.69) is 31.9 Å². The fourth-order valence-electron chi connectivity index (χ4n) is 4.36. The van der Waals surface area contributed by atoms with Crippen LogP contribution in [0.4, 0.5) is 5.69 Å². The van der Waals surface area contributed by atoms with E-state index in [1.165, 1.54) is 0 Å². The number of allylic oxidation sites excluding steroid dienone is 2. The molecule has 0 amide bonds. The number of aryl methyl sites for hydroxylation is 1. The standard InChI is InChI=1S/C26H28Br2N2O8S2/c1-18(14-25-29(10-2-4-12-39(31,32)33)21-16-19(27)6-8-23(21)37-25)15-26-30(11-3-5-13-40(34,35)36)22-17-20(28)7-9-24(22)38-26/h6-9,14-17H,2-5,10-13H2,1H3,(H-,31,32,33,34,35,36)/p+1. The van der Waals surface area contributed by atoms with Crippen LogP contribution in [0, 0.1) is 0 Å². The topological polar surface area (TPSA) is 138 Å². The molecule has 0 unspecified atom stereocenters. The van der Waals surface area contributed by atoms with Crippen LogP contribution < -0.4 is 14.2 Å². The summed E-state index contributed by atoms with van der Waals surface area (Å²) in [4.78, 5) is 1.96. The number of halogens is 2. The number of hydrogen-bond acceptors (Lipinski definition) is 7. The minimum atomic E-state index is -4.03. The molecule has 1 aliphatic rings. The Bertz CT molecular complexity index is 1680. The lowest BCUT2D eigenvalue weighted by atomic mass is 10.2. The van der Waals surface area contributed by atoms with Gasteiger partial charge in [-0.05, 0) is 62.1 Å². The van der Waals surface area contributed by atoms with Crippen molar-refractivity contribution in [3.63, 3.8) is 0 Å². The van der Waals surface area contributed by atoms with E-state index in [4.69, 9.17) is 18.3 Å². The number of nitrogens with zero attached hydrogens (tertiary/aromatic N) is 2. The second-order valence-electron chi connectivity index (χ2n) is 9.43. The number of oxazole rings is 1. The fourth-order valence-corrected chi connectivity index (χ4v) is 6.20. The van der Waals surface area contributed by atoms with Gasteiger partial charge in [0.1, 0.15) is 0 Å². The number of unbranched alkanes of at least 4 members (excludes halogenated alkanes) is 2. The van der Waals surface area contributed by atoms with Crippen molar-refractivity contribution in [3.8, 4) is 5.75 Å². The lowest BCUT2D eigenvalue weighted by Crippen LogP contribution is -2.35. The third-order valence-electron chi connectivity index (χ3n) is 6.15. The molecule has 2 aromatic carbocycles. The zero-order valence-electron chi connectivity index (χ0n) is 21.6. The predicted molar refractivity (Wildman–Crippen MR) is 159 cm³/mol. The van der Waals surface area contributed by atoms with Crippen molar-refractivity contribution in [2.75, 3.05) is 23.0 Å². The van der Waals surface area contributed by atoms with Gasteiger partial charge < -0.3 is 14.1 Å². The van der Waals surface area contributed by atoms with E-state index in [-0.39, 0.29) is 11.5 Å². The van der Waals surface area contributed by atoms with Gasteiger partial charge in [-0.2, -0.15) is 21.4 Å². The molecular formula is C26H29Br2N2O8S2+. The van der Waals surface area contributed by atoms with E-state index in [1.807, 2.05) is 64.9 Å². The van der Waals surface area contributed by atoms with Gasteiger partial charge in [0, 0.05) is 34.1 Å². The Morgan fingerprint density at radius 2 is 1.60 bits per heavy atom. The van der Waals surface area contributed by atoms with Crippen molar-refractivity contribution in [1.82, 2.24) is 0 Å². The molecule has 1 aliphatic heterocycles. The molecule has 0 bridgehead atoms. The maximum absolute atomic E-state index is 11.1. The monoisotopic (exact) mass is 719 g/mol. The highest BCUT2D eigenvalue weighted by Crippen LogP contribution is 2.41. The SMILES string of the molecule is CC(/C=C1\Oc2ccc(Br)cc2N1CCCCS(=O)(=O)O)=C\c1oc2ccc(Br)cc2[n+]1CCCCS(=O)(=O)O. The average Bonchev–Trinajstić information content (AvgIpc) is 3.34. The quantitative estimate of drug-likeness (QED) is 0.137. The molecule has 0 atom stereocenters. The first-order valence-corrected chi connectivity index (χ1v) is 17.3. The van der Waals surface area contributed by atoms with E-state index in [0.29, 0.717) is 61.9 Å². The first-order chi connectivity index (χ1) is 18.8. The summed E-state index contributed by atoms with van der Waals surface area (Å²) in [5.41, 5.74) is 3.15. The van der Waals surface area contributed by atoms with Crippen LogP contribution in [0.1, 0.15) is 38.5 Å². The normalized spacial score (nSPS) is 15.2. The van der Waals surface area contributed by atoms with E-state index >= 15 is 0 Å². The average molecular weight is 721 g/mol. The second kappa shape index (κ2) is 12.7. The molecule has 0 aliphatic carbocycles. The third kappa shape index (κ3) is 8.40. The van der Waals surface area contributed by atoms with Crippen LogP contribution in [-0.2, 0) is 26.8 Å². The number of rotatable bonds is 12. The summed E-state index contributed by atoms with van der Waals surface area (Å²) in [5, 5.41) is 0. The zero-order chi connectivity index (χ0) is 29.1. The summed E-state index contributed by atoms with van der Waals surface area (Å²) >= 11 is 6.98. The summed E-state index contributed by atoms with van der Waals surface area (Å²) in [5.74, 6) is 1.17. The first-order valence-electron chi connectivity index (χ1n) is 12.5. The molecule has 0 radical (unpaired) electrons. The van der Waals surface area contributed by atoms with Crippen LogP contribution in [0.5, 0.6) is 5.75 Å². The Balaban J connectivity index is 1.61. The molecule has 3 aromatic rings. The van der Waals surface area contributed by atoms with Crippen molar-refractivity contribution >= 4 is 75.0 Å². The summed E-state index contributed by atoms with van der Waals surface area (Å²) in [6, 6.07) is 11.3. The highest BCUT2D eigenvalue weighted by atomic mass is 79.9. The molecule has 0 saturated heterocycles. The van der Waals surface area contributed by atoms with Crippen LogP contribution in [0.3, 0.4) is 0 Å².